The molecule has 0 saturated heterocycles. The highest BCUT2D eigenvalue weighted by molar-refractivity contribution is 8.00. The third-order valence-electron chi connectivity index (χ3n) is 6.29. The van der Waals surface area contributed by atoms with Gasteiger partial charge in [-0.1, -0.05) is 35.9 Å². The molecule has 4 aromatic carbocycles. The third-order valence-corrected chi connectivity index (χ3v) is 7.71. The number of nitrogens with one attached hydrogen (secondary N) is 3. The van der Waals surface area contributed by atoms with Crippen LogP contribution in [0.3, 0.4) is 0 Å². The summed E-state index contributed by atoms with van der Waals surface area (Å²) in [5.74, 6) is 0.109. The van der Waals surface area contributed by atoms with E-state index in [0.717, 1.165) is 10.5 Å². The number of methoxy groups -OCH3 is 2. The molecule has 0 aliphatic rings. The topological polar surface area (TPSA) is 106 Å². The summed E-state index contributed by atoms with van der Waals surface area (Å²) >= 11 is 7.49. The normalized spacial score (nSPS) is 10.9. The lowest BCUT2D eigenvalue weighted by Gasteiger charge is -2.13. The molecule has 3 amide bonds. The molecule has 220 valence electrons. The molecule has 8 nitrogen and oxygen atoms in total. The van der Waals surface area contributed by atoms with Crippen molar-refractivity contribution >= 4 is 58.5 Å². The molecule has 10 heteroatoms. The number of benzene rings is 4. The van der Waals surface area contributed by atoms with Crippen molar-refractivity contribution in [1.29, 1.82) is 0 Å². The maximum atomic E-state index is 13.4. The number of amides is 3. The fourth-order valence-electron chi connectivity index (χ4n) is 3.96. The third kappa shape index (κ3) is 8.64. The van der Waals surface area contributed by atoms with E-state index in [2.05, 4.69) is 16.0 Å². The molecule has 0 aliphatic heterocycles. The van der Waals surface area contributed by atoms with Crippen LogP contribution in [-0.2, 0) is 9.59 Å². The number of carbonyl (C=O) groups is 3. The molecule has 0 radical (unpaired) electrons. The summed E-state index contributed by atoms with van der Waals surface area (Å²) in [6.07, 6.45) is 1.53. The Bertz CT molecular complexity index is 1640. The van der Waals surface area contributed by atoms with Gasteiger partial charge < -0.3 is 25.4 Å². The largest absolute Gasteiger partial charge is 0.497 e. The van der Waals surface area contributed by atoms with Crippen molar-refractivity contribution in [2.75, 3.05) is 30.6 Å². The van der Waals surface area contributed by atoms with Crippen LogP contribution >= 0.6 is 23.4 Å². The number of rotatable bonds is 11. The standard InChI is InChI=1S/C33H30ClN3O5S/c1-21-27(34)10-7-11-28(21)36-31(38)20-43-26-15-12-24(13-16-26)35-33(40)29(37-32(39)22-8-5-4-6-9-22)19-23-18-25(41-2)14-17-30(23)42-3/h4-19H,20H2,1-3H3,(H,35,40)(H,36,38)(H,37,39)/b29-19-. The molecule has 3 N–H and O–H groups in total. The second-order valence-electron chi connectivity index (χ2n) is 9.21. The van der Waals surface area contributed by atoms with Gasteiger partial charge in [-0.25, -0.2) is 0 Å². The molecule has 0 fully saturated rings. The number of carbonyl (C=O) groups excluding carboxylic acids is 3. The molecule has 4 aromatic rings. The predicted molar refractivity (Wildman–Crippen MR) is 172 cm³/mol. The molecular formula is C33H30ClN3O5S. The first-order valence-electron chi connectivity index (χ1n) is 13.2. The number of hydrogen-bond donors (Lipinski definition) is 3. The Balaban J connectivity index is 1.47. The maximum absolute atomic E-state index is 13.4. The Morgan fingerprint density at radius 3 is 2.30 bits per heavy atom. The summed E-state index contributed by atoms with van der Waals surface area (Å²) in [6.45, 7) is 1.85. The van der Waals surface area contributed by atoms with Crippen molar-refractivity contribution < 1.29 is 23.9 Å². The zero-order valence-corrected chi connectivity index (χ0v) is 25.3. The van der Waals surface area contributed by atoms with E-state index in [1.807, 2.05) is 6.92 Å². The maximum Gasteiger partial charge on any atom is 0.272 e. The van der Waals surface area contributed by atoms with Crippen LogP contribution in [0.25, 0.3) is 6.08 Å². The number of hydrogen-bond acceptors (Lipinski definition) is 6. The van der Waals surface area contributed by atoms with Crippen molar-refractivity contribution in [3.8, 4) is 11.5 Å². The molecule has 0 aliphatic carbocycles. The van der Waals surface area contributed by atoms with Crippen LogP contribution in [0.1, 0.15) is 21.5 Å². The van der Waals surface area contributed by atoms with E-state index in [4.69, 9.17) is 21.1 Å². The molecule has 0 bridgehead atoms. The van der Waals surface area contributed by atoms with Crippen molar-refractivity contribution in [2.24, 2.45) is 0 Å². The summed E-state index contributed by atoms with van der Waals surface area (Å²) in [4.78, 5) is 39.7. The Hall–Kier alpha value is -4.73. The van der Waals surface area contributed by atoms with Crippen LogP contribution in [0, 0.1) is 6.92 Å². The number of anilines is 2. The Morgan fingerprint density at radius 1 is 0.860 bits per heavy atom. The van der Waals surface area contributed by atoms with Crippen molar-refractivity contribution in [2.45, 2.75) is 11.8 Å². The molecule has 43 heavy (non-hydrogen) atoms. The highest BCUT2D eigenvalue weighted by atomic mass is 35.5. The molecule has 0 heterocycles. The lowest BCUT2D eigenvalue weighted by molar-refractivity contribution is -0.114. The van der Waals surface area contributed by atoms with Gasteiger partial charge in [-0.2, -0.15) is 0 Å². The first-order valence-corrected chi connectivity index (χ1v) is 14.5. The lowest BCUT2D eigenvalue weighted by Crippen LogP contribution is -2.30. The molecule has 4 rings (SSSR count). The van der Waals surface area contributed by atoms with Gasteiger partial charge in [0.25, 0.3) is 11.8 Å². The van der Waals surface area contributed by atoms with Gasteiger partial charge in [0.15, 0.2) is 0 Å². The summed E-state index contributed by atoms with van der Waals surface area (Å²) in [5.41, 5.74) is 2.93. The smallest absolute Gasteiger partial charge is 0.272 e. The van der Waals surface area contributed by atoms with Gasteiger partial charge in [-0.3, -0.25) is 14.4 Å². The van der Waals surface area contributed by atoms with Gasteiger partial charge in [0.05, 0.1) is 20.0 Å². The van der Waals surface area contributed by atoms with Crippen molar-refractivity contribution in [3.63, 3.8) is 0 Å². The number of ether oxygens (including phenoxy) is 2. The van der Waals surface area contributed by atoms with E-state index in [1.54, 1.807) is 91.0 Å². The van der Waals surface area contributed by atoms with Gasteiger partial charge in [0.2, 0.25) is 5.91 Å². The van der Waals surface area contributed by atoms with Crippen LogP contribution in [0.4, 0.5) is 11.4 Å². The summed E-state index contributed by atoms with van der Waals surface area (Å²) in [6, 6.07) is 26.2. The zero-order valence-electron chi connectivity index (χ0n) is 23.8. The molecule has 0 spiro atoms. The fourth-order valence-corrected chi connectivity index (χ4v) is 4.83. The molecule has 0 saturated carbocycles. The Labute approximate surface area is 259 Å². The summed E-state index contributed by atoms with van der Waals surface area (Å²) in [5, 5.41) is 9.01. The molecule has 0 atom stereocenters. The highest BCUT2D eigenvalue weighted by Gasteiger charge is 2.17. The number of halogens is 1. The van der Waals surface area contributed by atoms with Crippen LogP contribution in [0.5, 0.6) is 11.5 Å². The van der Waals surface area contributed by atoms with Crippen LogP contribution < -0.4 is 25.4 Å². The predicted octanol–water partition coefficient (Wildman–Crippen LogP) is 6.81. The first kappa shape index (κ1) is 31.2. The Kier molecular flexibility index (Phi) is 10.9. The van der Waals surface area contributed by atoms with Gasteiger partial charge in [-0.15, -0.1) is 11.8 Å². The molecule has 0 unspecified atom stereocenters. The highest BCUT2D eigenvalue weighted by Crippen LogP contribution is 2.27. The summed E-state index contributed by atoms with van der Waals surface area (Å²) in [7, 11) is 3.05. The fraction of sp³-hybridized carbons (Fsp3) is 0.121. The minimum Gasteiger partial charge on any atom is -0.497 e. The second kappa shape index (κ2) is 14.9. The van der Waals surface area contributed by atoms with Gasteiger partial charge in [0, 0.05) is 32.4 Å². The van der Waals surface area contributed by atoms with Gasteiger partial charge in [0.1, 0.15) is 17.2 Å². The van der Waals surface area contributed by atoms with E-state index in [-0.39, 0.29) is 17.4 Å². The second-order valence-corrected chi connectivity index (χ2v) is 10.7. The molecular weight excluding hydrogens is 586 g/mol. The van der Waals surface area contributed by atoms with E-state index in [0.29, 0.717) is 39.0 Å². The van der Waals surface area contributed by atoms with E-state index >= 15 is 0 Å². The molecule has 0 aromatic heterocycles. The minimum atomic E-state index is -0.536. The lowest BCUT2D eigenvalue weighted by atomic mass is 10.1. The van der Waals surface area contributed by atoms with Crippen molar-refractivity contribution in [3.05, 3.63) is 118 Å². The van der Waals surface area contributed by atoms with Crippen LogP contribution in [0.15, 0.2) is 102 Å². The monoisotopic (exact) mass is 615 g/mol. The first-order chi connectivity index (χ1) is 20.8. The average molecular weight is 616 g/mol. The van der Waals surface area contributed by atoms with E-state index in [1.165, 1.54) is 32.1 Å². The zero-order chi connectivity index (χ0) is 30.8. The minimum absolute atomic E-state index is 0.00633. The van der Waals surface area contributed by atoms with E-state index < -0.39 is 11.8 Å². The van der Waals surface area contributed by atoms with Crippen LogP contribution in [-0.4, -0.2) is 37.7 Å². The van der Waals surface area contributed by atoms with Crippen molar-refractivity contribution in [1.82, 2.24) is 5.32 Å². The van der Waals surface area contributed by atoms with E-state index in [9.17, 15) is 14.4 Å². The number of thioether (sulfide) groups is 1. The summed E-state index contributed by atoms with van der Waals surface area (Å²) < 4.78 is 10.8. The van der Waals surface area contributed by atoms with Gasteiger partial charge in [-0.05, 0) is 85.3 Å². The van der Waals surface area contributed by atoms with Gasteiger partial charge >= 0.3 is 0 Å². The quantitative estimate of drug-likeness (QED) is 0.126. The average Bonchev–Trinajstić information content (AvgIpc) is 3.02. The SMILES string of the molecule is COc1ccc(OC)c(/C=C(\NC(=O)c2ccccc2)C(=O)Nc2ccc(SCC(=O)Nc3cccc(Cl)c3C)cc2)c1. The van der Waals surface area contributed by atoms with Crippen LogP contribution in [0.2, 0.25) is 5.02 Å². The Morgan fingerprint density at radius 2 is 1.60 bits per heavy atom.